The van der Waals surface area contributed by atoms with E-state index in [1.165, 1.54) is 0 Å². The lowest BCUT2D eigenvalue weighted by molar-refractivity contribution is -0.126. The summed E-state index contributed by atoms with van der Waals surface area (Å²) in [7, 11) is 4.88. The monoisotopic (exact) mass is 427 g/mol. The van der Waals surface area contributed by atoms with Crippen molar-refractivity contribution in [1.29, 1.82) is 0 Å². The van der Waals surface area contributed by atoms with Gasteiger partial charge in [0, 0.05) is 44.8 Å². The van der Waals surface area contributed by atoms with Crippen molar-refractivity contribution in [3.63, 3.8) is 0 Å². The number of benzene rings is 2. The van der Waals surface area contributed by atoms with Crippen LogP contribution in [0.2, 0.25) is 0 Å². The van der Waals surface area contributed by atoms with Crippen LogP contribution >= 0.6 is 0 Å². The van der Waals surface area contributed by atoms with E-state index < -0.39 is 0 Å². The van der Waals surface area contributed by atoms with Gasteiger partial charge in [-0.3, -0.25) is 14.6 Å². The molecule has 1 atom stereocenters. The summed E-state index contributed by atoms with van der Waals surface area (Å²) < 4.78 is 16.5. The number of nitrogens with zero attached hydrogens (tertiary/aromatic N) is 2. The molecule has 0 bridgehead atoms. The summed E-state index contributed by atoms with van der Waals surface area (Å²) in [4.78, 5) is 17.2. The Morgan fingerprint density at radius 3 is 2.23 bits per heavy atom. The molecule has 3 rings (SSSR count). The van der Waals surface area contributed by atoms with Crippen LogP contribution in [0.3, 0.4) is 0 Å². The van der Waals surface area contributed by atoms with Crippen LogP contribution in [0.25, 0.3) is 0 Å². The highest BCUT2D eigenvalue weighted by atomic mass is 16.5. The zero-order valence-electron chi connectivity index (χ0n) is 18.9. The summed E-state index contributed by atoms with van der Waals surface area (Å²) in [5, 5.41) is 3.05. The number of hydrogen-bond acceptors (Lipinski definition) is 6. The topological polar surface area (TPSA) is 63.3 Å². The van der Waals surface area contributed by atoms with Crippen LogP contribution in [0.1, 0.15) is 18.1 Å². The minimum atomic E-state index is -0.151. The van der Waals surface area contributed by atoms with Gasteiger partial charge in [-0.2, -0.15) is 0 Å². The first kappa shape index (κ1) is 22.9. The van der Waals surface area contributed by atoms with Crippen molar-refractivity contribution >= 4 is 5.91 Å². The van der Waals surface area contributed by atoms with Crippen LogP contribution in [0.4, 0.5) is 0 Å². The Morgan fingerprint density at radius 1 is 0.935 bits per heavy atom. The highest BCUT2D eigenvalue weighted by molar-refractivity contribution is 5.81. The second-order valence-corrected chi connectivity index (χ2v) is 7.68. The van der Waals surface area contributed by atoms with E-state index in [1.54, 1.807) is 21.3 Å². The first-order valence-corrected chi connectivity index (χ1v) is 10.6. The summed E-state index contributed by atoms with van der Waals surface area (Å²) >= 11 is 0. The zero-order chi connectivity index (χ0) is 22.2. The molecule has 168 valence electrons. The molecule has 2 aromatic carbocycles. The minimum absolute atomic E-state index is 0.0684. The molecule has 1 saturated heterocycles. The highest BCUT2D eigenvalue weighted by Gasteiger charge is 2.26. The lowest BCUT2D eigenvalue weighted by Gasteiger charge is -2.37. The van der Waals surface area contributed by atoms with E-state index in [4.69, 9.17) is 14.2 Å². The Bertz CT molecular complexity index is 851. The summed E-state index contributed by atoms with van der Waals surface area (Å²) in [5.41, 5.74) is 2.17. The van der Waals surface area contributed by atoms with E-state index in [9.17, 15) is 4.79 Å². The number of ether oxygens (including phenoxy) is 3. The molecule has 0 radical (unpaired) electrons. The maximum absolute atomic E-state index is 12.6. The number of amides is 1. The molecular formula is C24H33N3O4. The third-order valence-electron chi connectivity index (χ3n) is 5.82. The molecule has 7 heteroatoms. The molecule has 0 unspecified atom stereocenters. The van der Waals surface area contributed by atoms with Crippen molar-refractivity contribution in [2.24, 2.45) is 0 Å². The van der Waals surface area contributed by atoms with Gasteiger partial charge in [-0.1, -0.05) is 36.4 Å². The molecule has 1 amide bonds. The fourth-order valence-corrected chi connectivity index (χ4v) is 3.94. The van der Waals surface area contributed by atoms with Gasteiger partial charge in [0.2, 0.25) is 11.7 Å². The molecule has 31 heavy (non-hydrogen) atoms. The van der Waals surface area contributed by atoms with Crippen molar-refractivity contribution in [3.05, 3.63) is 53.6 Å². The molecule has 1 N–H and O–H groups in total. The number of carbonyl (C=O) groups is 1. The van der Waals surface area contributed by atoms with Gasteiger partial charge in [0.05, 0.1) is 27.4 Å². The Hall–Kier alpha value is -2.77. The lowest BCUT2D eigenvalue weighted by Crippen LogP contribution is -2.53. The van der Waals surface area contributed by atoms with Crippen molar-refractivity contribution < 1.29 is 19.0 Å². The molecule has 0 spiro atoms. The van der Waals surface area contributed by atoms with Crippen LogP contribution in [0, 0.1) is 0 Å². The number of nitrogens with one attached hydrogen (secondary N) is 1. The number of rotatable bonds is 9. The van der Waals surface area contributed by atoms with Gasteiger partial charge in [0.15, 0.2) is 11.5 Å². The second kappa shape index (κ2) is 11.0. The molecule has 1 fully saturated rings. The van der Waals surface area contributed by atoms with Crippen molar-refractivity contribution in [3.8, 4) is 17.2 Å². The number of methoxy groups -OCH3 is 3. The molecular weight excluding hydrogens is 394 g/mol. The van der Waals surface area contributed by atoms with E-state index in [-0.39, 0.29) is 11.9 Å². The molecule has 1 heterocycles. The maximum atomic E-state index is 12.6. The van der Waals surface area contributed by atoms with Crippen LogP contribution in [0.5, 0.6) is 17.2 Å². The molecule has 0 aliphatic carbocycles. The summed E-state index contributed by atoms with van der Waals surface area (Å²) in [6.07, 6.45) is 0. The Kier molecular flexibility index (Phi) is 8.14. The van der Waals surface area contributed by atoms with Gasteiger partial charge in [-0.05, 0) is 18.6 Å². The van der Waals surface area contributed by atoms with Gasteiger partial charge in [-0.25, -0.2) is 0 Å². The number of carbonyl (C=O) groups excluding carboxylic acids is 1. The zero-order valence-corrected chi connectivity index (χ0v) is 18.9. The Morgan fingerprint density at radius 2 is 1.61 bits per heavy atom. The lowest BCUT2D eigenvalue weighted by atomic mass is 10.1. The largest absolute Gasteiger partial charge is 0.493 e. The summed E-state index contributed by atoms with van der Waals surface area (Å²) in [6, 6.07) is 13.8. The smallest absolute Gasteiger partial charge is 0.237 e. The second-order valence-electron chi connectivity index (χ2n) is 7.68. The normalized spacial score (nSPS) is 15.9. The van der Waals surface area contributed by atoms with E-state index in [0.717, 1.165) is 43.9 Å². The van der Waals surface area contributed by atoms with E-state index in [2.05, 4.69) is 15.1 Å². The fraction of sp³-hybridized carbons (Fsp3) is 0.458. The summed E-state index contributed by atoms with van der Waals surface area (Å²) in [6.45, 7) is 6.75. The van der Waals surface area contributed by atoms with E-state index in [0.29, 0.717) is 23.8 Å². The predicted molar refractivity (Wildman–Crippen MR) is 121 cm³/mol. The molecule has 1 aliphatic heterocycles. The van der Waals surface area contributed by atoms with Gasteiger partial charge in [0.25, 0.3) is 0 Å². The van der Waals surface area contributed by atoms with E-state index in [1.807, 2.05) is 49.4 Å². The highest BCUT2D eigenvalue weighted by Crippen LogP contribution is 2.40. The molecule has 1 aliphatic rings. The minimum Gasteiger partial charge on any atom is -0.493 e. The third kappa shape index (κ3) is 5.68. The van der Waals surface area contributed by atoms with Gasteiger partial charge >= 0.3 is 0 Å². The first-order valence-electron chi connectivity index (χ1n) is 10.6. The predicted octanol–water partition coefficient (Wildman–Crippen LogP) is 2.53. The Labute approximate surface area is 184 Å². The van der Waals surface area contributed by atoms with Crippen molar-refractivity contribution in [1.82, 2.24) is 15.1 Å². The standard InChI is InChI=1S/C24H33N3O4/c1-18(24(28)25-16-19-8-6-5-7-9-19)27-14-12-26(13-15-27)17-20-10-11-21(29-2)23(31-4)22(20)30-3/h5-11,18H,12-17H2,1-4H3,(H,25,28)/t18-/m1/s1. The van der Waals surface area contributed by atoms with Crippen LogP contribution < -0.4 is 19.5 Å². The maximum Gasteiger partial charge on any atom is 0.237 e. The first-order chi connectivity index (χ1) is 15.1. The molecule has 7 nitrogen and oxygen atoms in total. The fourth-order valence-electron chi connectivity index (χ4n) is 3.94. The van der Waals surface area contributed by atoms with Crippen LogP contribution in [0.15, 0.2) is 42.5 Å². The van der Waals surface area contributed by atoms with E-state index >= 15 is 0 Å². The van der Waals surface area contributed by atoms with Crippen molar-refractivity contribution in [2.45, 2.75) is 26.1 Å². The van der Waals surface area contributed by atoms with Crippen LogP contribution in [-0.2, 0) is 17.9 Å². The number of hydrogen-bond donors (Lipinski definition) is 1. The average molecular weight is 428 g/mol. The molecule has 2 aromatic rings. The molecule has 0 saturated carbocycles. The molecule has 0 aromatic heterocycles. The SMILES string of the molecule is COc1ccc(CN2CCN([C@H](C)C(=O)NCc3ccccc3)CC2)c(OC)c1OC. The number of piperazine rings is 1. The Balaban J connectivity index is 1.53. The average Bonchev–Trinajstić information content (AvgIpc) is 2.82. The van der Waals surface area contributed by atoms with Crippen molar-refractivity contribution in [2.75, 3.05) is 47.5 Å². The third-order valence-corrected chi connectivity index (χ3v) is 5.82. The summed E-state index contributed by atoms with van der Waals surface area (Å²) in [5.74, 6) is 2.05. The van der Waals surface area contributed by atoms with Crippen LogP contribution in [-0.4, -0.2) is 69.3 Å². The quantitative estimate of drug-likeness (QED) is 0.664. The van der Waals surface area contributed by atoms with Gasteiger partial charge < -0.3 is 19.5 Å². The van der Waals surface area contributed by atoms with Gasteiger partial charge in [-0.15, -0.1) is 0 Å². The van der Waals surface area contributed by atoms with Gasteiger partial charge in [0.1, 0.15) is 0 Å².